The van der Waals surface area contributed by atoms with Crippen molar-refractivity contribution < 1.29 is 9.53 Å². The molecule has 0 saturated carbocycles. The van der Waals surface area contributed by atoms with Crippen LogP contribution >= 0.6 is 0 Å². The van der Waals surface area contributed by atoms with Crippen molar-refractivity contribution in [3.63, 3.8) is 0 Å². The molecule has 1 aromatic carbocycles. The Hall–Kier alpha value is -2.14. The Morgan fingerprint density at radius 3 is 2.96 bits per heavy atom. The number of benzene rings is 1. The van der Waals surface area contributed by atoms with Gasteiger partial charge in [-0.05, 0) is 31.9 Å². The van der Waals surface area contributed by atoms with E-state index in [-0.39, 0.29) is 5.97 Å². The first-order valence-electron chi connectivity index (χ1n) is 8.13. The van der Waals surface area contributed by atoms with Gasteiger partial charge in [0.05, 0.1) is 13.2 Å². The zero-order valence-corrected chi connectivity index (χ0v) is 13.9. The highest BCUT2D eigenvalue weighted by molar-refractivity contribution is 5.89. The number of esters is 1. The molecule has 1 aromatic heterocycles. The summed E-state index contributed by atoms with van der Waals surface area (Å²) < 4.78 is 7.14. The third-order valence-corrected chi connectivity index (χ3v) is 4.34. The molecule has 2 aromatic rings. The highest BCUT2D eigenvalue weighted by Crippen LogP contribution is 2.23. The molecule has 5 nitrogen and oxygen atoms in total. The maximum absolute atomic E-state index is 12.2. The van der Waals surface area contributed by atoms with Crippen molar-refractivity contribution in [1.29, 1.82) is 0 Å². The van der Waals surface area contributed by atoms with Crippen LogP contribution in [0, 0.1) is 6.92 Å². The molecule has 23 heavy (non-hydrogen) atoms. The molecule has 1 aliphatic heterocycles. The Morgan fingerprint density at radius 2 is 2.22 bits per heavy atom. The van der Waals surface area contributed by atoms with E-state index < -0.39 is 0 Å². The standard InChI is InChI=1S/C18H23N3O2/c1-4-23-18(22)17-15-10-19-13(3)9-16(15)21(20-17)11-14-8-6-5-7-12(14)2/h5-8,13,19H,4,9-11H2,1-3H3/t13-/m1/s1. The zero-order valence-electron chi connectivity index (χ0n) is 13.9. The number of aryl methyl sites for hydroxylation is 1. The molecule has 0 aliphatic carbocycles. The highest BCUT2D eigenvalue weighted by Gasteiger charge is 2.28. The molecule has 0 fully saturated rings. The summed E-state index contributed by atoms with van der Waals surface area (Å²) in [6, 6.07) is 8.66. The van der Waals surface area contributed by atoms with E-state index in [4.69, 9.17) is 4.74 Å². The van der Waals surface area contributed by atoms with Crippen LogP contribution < -0.4 is 5.32 Å². The summed E-state index contributed by atoms with van der Waals surface area (Å²) in [7, 11) is 0. The molecule has 0 saturated heterocycles. The number of hydrogen-bond acceptors (Lipinski definition) is 4. The Morgan fingerprint density at radius 1 is 1.43 bits per heavy atom. The van der Waals surface area contributed by atoms with Crippen molar-refractivity contribution in [3.05, 3.63) is 52.3 Å². The van der Waals surface area contributed by atoms with Crippen molar-refractivity contribution in [2.24, 2.45) is 0 Å². The molecule has 1 atom stereocenters. The maximum Gasteiger partial charge on any atom is 0.359 e. The van der Waals surface area contributed by atoms with Gasteiger partial charge in [-0.25, -0.2) is 4.79 Å². The fraction of sp³-hybridized carbons (Fsp3) is 0.444. The third kappa shape index (κ3) is 3.15. The largest absolute Gasteiger partial charge is 0.461 e. The Bertz CT molecular complexity index is 721. The van der Waals surface area contributed by atoms with Gasteiger partial charge in [0.2, 0.25) is 0 Å². The van der Waals surface area contributed by atoms with Crippen LogP contribution in [0.5, 0.6) is 0 Å². The molecule has 2 heterocycles. The lowest BCUT2D eigenvalue weighted by Gasteiger charge is -2.22. The second-order valence-corrected chi connectivity index (χ2v) is 6.06. The van der Waals surface area contributed by atoms with Gasteiger partial charge in [0.1, 0.15) is 0 Å². The molecular formula is C18H23N3O2. The number of fused-ring (bicyclic) bond motifs is 1. The average molecular weight is 313 g/mol. The van der Waals surface area contributed by atoms with E-state index in [1.54, 1.807) is 0 Å². The predicted octanol–water partition coefficient (Wildman–Crippen LogP) is 2.45. The molecule has 0 spiro atoms. The summed E-state index contributed by atoms with van der Waals surface area (Å²) in [5.74, 6) is -0.330. The molecule has 1 aliphatic rings. The lowest BCUT2D eigenvalue weighted by atomic mass is 10.0. The van der Waals surface area contributed by atoms with Crippen molar-refractivity contribution in [2.45, 2.75) is 46.3 Å². The summed E-state index contributed by atoms with van der Waals surface area (Å²) in [5.41, 5.74) is 5.03. The van der Waals surface area contributed by atoms with E-state index in [0.717, 1.165) is 17.7 Å². The smallest absolute Gasteiger partial charge is 0.359 e. The Labute approximate surface area is 136 Å². The van der Waals surface area contributed by atoms with E-state index in [9.17, 15) is 4.79 Å². The molecule has 0 unspecified atom stereocenters. The van der Waals surface area contributed by atoms with Crippen LogP contribution in [0.25, 0.3) is 0 Å². The van der Waals surface area contributed by atoms with Gasteiger partial charge in [-0.2, -0.15) is 5.10 Å². The number of nitrogens with zero attached hydrogens (tertiary/aromatic N) is 2. The number of aromatic nitrogens is 2. The van der Waals surface area contributed by atoms with E-state index >= 15 is 0 Å². The summed E-state index contributed by atoms with van der Waals surface area (Å²) >= 11 is 0. The van der Waals surface area contributed by atoms with Crippen LogP contribution in [0.1, 0.15) is 46.7 Å². The lowest BCUT2D eigenvalue weighted by Crippen LogP contribution is -2.34. The fourth-order valence-electron chi connectivity index (χ4n) is 3.03. The maximum atomic E-state index is 12.2. The number of nitrogens with one attached hydrogen (secondary N) is 1. The normalized spacial score (nSPS) is 16.9. The summed E-state index contributed by atoms with van der Waals surface area (Å²) in [6.07, 6.45) is 0.869. The van der Waals surface area contributed by atoms with Crippen molar-refractivity contribution in [1.82, 2.24) is 15.1 Å². The van der Waals surface area contributed by atoms with Gasteiger partial charge in [0.25, 0.3) is 0 Å². The molecule has 1 N–H and O–H groups in total. The fourth-order valence-corrected chi connectivity index (χ4v) is 3.03. The SMILES string of the molecule is CCOC(=O)c1nn(Cc2ccccc2C)c2c1CN[C@H](C)C2. The lowest BCUT2D eigenvalue weighted by molar-refractivity contribution is 0.0517. The minimum Gasteiger partial charge on any atom is -0.461 e. The second kappa shape index (κ2) is 6.54. The topological polar surface area (TPSA) is 56.1 Å². The van der Waals surface area contributed by atoms with Crippen LogP contribution in [-0.4, -0.2) is 28.4 Å². The van der Waals surface area contributed by atoms with E-state index in [1.165, 1.54) is 11.1 Å². The van der Waals surface area contributed by atoms with Gasteiger partial charge < -0.3 is 10.1 Å². The van der Waals surface area contributed by atoms with Crippen LogP contribution in [0.4, 0.5) is 0 Å². The van der Waals surface area contributed by atoms with Gasteiger partial charge in [0, 0.05) is 30.3 Å². The first-order chi connectivity index (χ1) is 11.1. The minimum absolute atomic E-state index is 0.330. The third-order valence-electron chi connectivity index (χ3n) is 4.34. The van der Waals surface area contributed by atoms with Crippen LogP contribution in [0.3, 0.4) is 0 Å². The van der Waals surface area contributed by atoms with Gasteiger partial charge >= 0.3 is 5.97 Å². The van der Waals surface area contributed by atoms with Crippen molar-refractivity contribution in [2.75, 3.05) is 6.61 Å². The monoisotopic (exact) mass is 313 g/mol. The summed E-state index contributed by atoms with van der Waals surface area (Å²) in [4.78, 5) is 12.2. The first kappa shape index (κ1) is 15.7. The summed E-state index contributed by atoms with van der Waals surface area (Å²) in [5, 5.41) is 7.99. The molecule has 0 radical (unpaired) electrons. The number of carbonyl (C=O) groups is 1. The van der Waals surface area contributed by atoms with Gasteiger partial charge in [-0.15, -0.1) is 0 Å². The first-order valence-corrected chi connectivity index (χ1v) is 8.13. The van der Waals surface area contributed by atoms with Gasteiger partial charge in [-0.1, -0.05) is 24.3 Å². The molecule has 3 rings (SSSR count). The quantitative estimate of drug-likeness (QED) is 0.881. The molecular weight excluding hydrogens is 290 g/mol. The predicted molar refractivity (Wildman–Crippen MR) is 88.5 cm³/mol. The van der Waals surface area contributed by atoms with E-state index in [2.05, 4.69) is 36.4 Å². The van der Waals surface area contributed by atoms with Crippen LogP contribution in [0.2, 0.25) is 0 Å². The number of carbonyl (C=O) groups excluding carboxylic acids is 1. The van der Waals surface area contributed by atoms with Crippen LogP contribution in [-0.2, 0) is 24.2 Å². The molecule has 5 heteroatoms. The number of ether oxygens (including phenoxy) is 1. The Kier molecular flexibility index (Phi) is 4.48. The van der Waals surface area contributed by atoms with Crippen LogP contribution in [0.15, 0.2) is 24.3 Å². The van der Waals surface area contributed by atoms with Crippen molar-refractivity contribution >= 4 is 5.97 Å². The highest BCUT2D eigenvalue weighted by atomic mass is 16.5. The molecule has 0 amide bonds. The van der Waals surface area contributed by atoms with Gasteiger partial charge in [-0.3, -0.25) is 4.68 Å². The van der Waals surface area contributed by atoms with E-state index in [0.29, 0.717) is 31.4 Å². The zero-order chi connectivity index (χ0) is 16.4. The van der Waals surface area contributed by atoms with Crippen molar-refractivity contribution in [3.8, 4) is 0 Å². The summed E-state index contributed by atoms with van der Waals surface area (Å²) in [6.45, 7) is 7.77. The number of hydrogen-bond donors (Lipinski definition) is 1. The number of rotatable bonds is 4. The average Bonchev–Trinajstić information content (AvgIpc) is 2.88. The molecule has 122 valence electrons. The Balaban J connectivity index is 1.99. The van der Waals surface area contributed by atoms with Gasteiger partial charge in [0.15, 0.2) is 5.69 Å². The minimum atomic E-state index is -0.330. The molecule has 0 bridgehead atoms. The second-order valence-electron chi connectivity index (χ2n) is 6.06. The van der Waals surface area contributed by atoms with E-state index in [1.807, 2.05) is 23.7 Å².